The summed E-state index contributed by atoms with van der Waals surface area (Å²) in [6, 6.07) is 22.8. The van der Waals surface area contributed by atoms with Gasteiger partial charge >= 0.3 is 12.0 Å². The first-order valence-corrected chi connectivity index (χ1v) is 10.3. The quantitative estimate of drug-likeness (QED) is 0.555. The number of carbonyl (C=O) groups is 2. The lowest BCUT2D eigenvalue weighted by Crippen LogP contribution is -2.21. The van der Waals surface area contributed by atoms with Gasteiger partial charge in [0.05, 0.1) is 17.9 Å². The van der Waals surface area contributed by atoms with Crippen LogP contribution in [0.1, 0.15) is 34.0 Å². The van der Waals surface area contributed by atoms with E-state index in [0.29, 0.717) is 16.9 Å². The summed E-state index contributed by atoms with van der Waals surface area (Å²) in [5.74, 6) is -0.463. The molecule has 0 fully saturated rings. The van der Waals surface area contributed by atoms with Crippen LogP contribution in [0.2, 0.25) is 0 Å². The molecule has 4 rings (SSSR count). The van der Waals surface area contributed by atoms with Gasteiger partial charge in [0.25, 0.3) is 0 Å². The summed E-state index contributed by atoms with van der Waals surface area (Å²) in [5, 5.41) is 5.61. The molecular formula is C25H25N3O3. The topological polar surface area (TPSA) is 70.7 Å². The normalized spacial score (nSPS) is 12.8. The lowest BCUT2D eigenvalue weighted by atomic mass is 10.1. The number of nitrogens with zero attached hydrogens (tertiary/aromatic N) is 1. The molecule has 6 heteroatoms. The van der Waals surface area contributed by atoms with Gasteiger partial charge in [-0.1, -0.05) is 48.5 Å². The van der Waals surface area contributed by atoms with Crippen LogP contribution in [0, 0.1) is 0 Å². The van der Waals surface area contributed by atoms with Gasteiger partial charge in [-0.3, -0.25) is 4.90 Å². The van der Waals surface area contributed by atoms with Crippen LogP contribution in [0.3, 0.4) is 0 Å². The number of carbonyl (C=O) groups excluding carboxylic acids is 2. The Balaban J connectivity index is 1.39. The number of amides is 2. The van der Waals surface area contributed by atoms with E-state index in [9.17, 15) is 9.59 Å². The highest BCUT2D eigenvalue weighted by atomic mass is 16.5. The molecule has 3 aromatic rings. The van der Waals surface area contributed by atoms with Crippen molar-refractivity contribution in [3.63, 3.8) is 0 Å². The van der Waals surface area contributed by atoms with E-state index in [1.165, 1.54) is 16.7 Å². The molecule has 2 amide bonds. The number of urea groups is 1. The van der Waals surface area contributed by atoms with E-state index >= 15 is 0 Å². The molecule has 1 aliphatic rings. The van der Waals surface area contributed by atoms with Crippen molar-refractivity contribution < 1.29 is 14.3 Å². The number of anilines is 2. The van der Waals surface area contributed by atoms with Crippen LogP contribution in [0.25, 0.3) is 0 Å². The number of ether oxygens (including phenoxy) is 1. The molecular weight excluding hydrogens is 390 g/mol. The number of rotatable bonds is 6. The molecule has 0 aromatic heterocycles. The molecule has 0 saturated heterocycles. The molecule has 158 valence electrons. The van der Waals surface area contributed by atoms with E-state index in [4.69, 9.17) is 4.74 Å². The smallest absolute Gasteiger partial charge is 0.340 e. The van der Waals surface area contributed by atoms with Gasteiger partial charge in [0.2, 0.25) is 0 Å². The van der Waals surface area contributed by atoms with Crippen LogP contribution >= 0.6 is 0 Å². The SMILES string of the molecule is CCOC(=O)c1ccccc1NC(=O)Nc1ccc2c(c1)CN(Cc1ccccc1)C2. The third-order valence-corrected chi connectivity index (χ3v) is 5.17. The fraction of sp³-hybridized carbons (Fsp3) is 0.200. The Morgan fingerprint density at radius 2 is 1.65 bits per heavy atom. The predicted molar refractivity (Wildman–Crippen MR) is 121 cm³/mol. The van der Waals surface area contributed by atoms with Gasteiger partial charge in [0.1, 0.15) is 0 Å². The van der Waals surface area contributed by atoms with Gasteiger partial charge in [0, 0.05) is 25.3 Å². The van der Waals surface area contributed by atoms with Gasteiger partial charge in [-0.2, -0.15) is 0 Å². The van der Waals surface area contributed by atoms with E-state index in [1.54, 1.807) is 31.2 Å². The standard InChI is InChI=1S/C25H25N3O3/c1-2-31-24(29)22-10-6-7-11-23(22)27-25(30)26-21-13-12-19-16-28(17-20(19)14-21)15-18-8-4-3-5-9-18/h3-14H,2,15-17H2,1H3,(H2,26,27,30). The van der Waals surface area contributed by atoms with Crippen LogP contribution in [0.5, 0.6) is 0 Å². The summed E-state index contributed by atoms with van der Waals surface area (Å²) in [7, 11) is 0. The van der Waals surface area contributed by atoms with Crippen molar-refractivity contribution in [3.8, 4) is 0 Å². The summed E-state index contributed by atoms with van der Waals surface area (Å²) in [6.45, 7) is 4.64. The van der Waals surface area contributed by atoms with E-state index in [1.807, 2.05) is 18.2 Å². The Hall–Kier alpha value is -3.64. The maximum absolute atomic E-state index is 12.5. The molecule has 0 unspecified atom stereocenters. The van der Waals surface area contributed by atoms with Crippen LogP contribution in [-0.2, 0) is 24.4 Å². The zero-order chi connectivity index (χ0) is 21.6. The molecule has 3 aromatic carbocycles. The Kier molecular flexibility index (Phi) is 6.29. The molecule has 0 bridgehead atoms. The van der Waals surface area contributed by atoms with Gasteiger partial charge in [0.15, 0.2) is 0 Å². The summed E-state index contributed by atoms with van der Waals surface area (Å²) >= 11 is 0. The maximum Gasteiger partial charge on any atom is 0.340 e. The van der Waals surface area contributed by atoms with Crippen molar-refractivity contribution >= 4 is 23.4 Å². The maximum atomic E-state index is 12.5. The highest BCUT2D eigenvalue weighted by Gasteiger charge is 2.20. The van der Waals surface area contributed by atoms with Crippen LogP contribution in [-0.4, -0.2) is 23.5 Å². The second kappa shape index (κ2) is 9.45. The molecule has 0 saturated carbocycles. The number of para-hydroxylation sites is 1. The molecule has 6 nitrogen and oxygen atoms in total. The average molecular weight is 415 g/mol. The van der Waals surface area contributed by atoms with E-state index in [2.05, 4.69) is 45.9 Å². The van der Waals surface area contributed by atoms with Crippen LogP contribution < -0.4 is 10.6 Å². The van der Waals surface area contributed by atoms with Crippen molar-refractivity contribution in [1.82, 2.24) is 4.90 Å². The second-order valence-electron chi connectivity index (χ2n) is 7.46. The van der Waals surface area contributed by atoms with Gasteiger partial charge < -0.3 is 15.4 Å². The first kappa shape index (κ1) is 20.6. The zero-order valence-electron chi connectivity index (χ0n) is 17.4. The van der Waals surface area contributed by atoms with Crippen molar-refractivity contribution in [1.29, 1.82) is 0 Å². The van der Waals surface area contributed by atoms with E-state index in [-0.39, 0.29) is 6.61 Å². The first-order chi connectivity index (χ1) is 15.1. The number of hydrogen-bond acceptors (Lipinski definition) is 4. The van der Waals surface area contributed by atoms with Crippen molar-refractivity contribution in [2.45, 2.75) is 26.6 Å². The molecule has 1 aliphatic heterocycles. The van der Waals surface area contributed by atoms with E-state index in [0.717, 1.165) is 19.6 Å². The molecule has 0 atom stereocenters. The van der Waals surface area contributed by atoms with Crippen molar-refractivity contribution in [2.75, 3.05) is 17.2 Å². The Morgan fingerprint density at radius 1 is 0.903 bits per heavy atom. The summed E-state index contributed by atoms with van der Waals surface area (Å²) in [6.07, 6.45) is 0. The number of fused-ring (bicyclic) bond motifs is 1. The second-order valence-corrected chi connectivity index (χ2v) is 7.46. The zero-order valence-corrected chi connectivity index (χ0v) is 17.4. The number of esters is 1. The number of hydrogen-bond donors (Lipinski definition) is 2. The Labute approximate surface area is 181 Å². The van der Waals surface area contributed by atoms with Gasteiger partial charge in [-0.05, 0) is 47.9 Å². The summed E-state index contributed by atoms with van der Waals surface area (Å²) < 4.78 is 5.06. The van der Waals surface area contributed by atoms with E-state index < -0.39 is 12.0 Å². The Bertz CT molecular complexity index is 1080. The van der Waals surface area contributed by atoms with Crippen molar-refractivity contribution in [2.24, 2.45) is 0 Å². The molecule has 0 radical (unpaired) electrons. The fourth-order valence-corrected chi connectivity index (χ4v) is 3.76. The Morgan fingerprint density at radius 3 is 2.45 bits per heavy atom. The molecule has 1 heterocycles. The predicted octanol–water partition coefficient (Wildman–Crippen LogP) is 5.02. The monoisotopic (exact) mass is 415 g/mol. The van der Waals surface area contributed by atoms with Gasteiger partial charge in [-0.25, -0.2) is 9.59 Å². The summed E-state index contributed by atoms with van der Waals surface area (Å²) in [4.78, 5) is 27.0. The third-order valence-electron chi connectivity index (χ3n) is 5.17. The molecule has 31 heavy (non-hydrogen) atoms. The largest absolute Gasteiger partial charge is 0.462 e. The molecule has 0 spiro atoms. The van der Waals surface area contributed by atoms with Crippen LogP contribution in [0.15, 0.2) is 72.8 Å². The lowest BCUT2D eigenvalue weighted by Gasteiger charge is -2.14. The molecule has 0 aliphatic carbocycles. The number of nitrogens with one attached hydrogen (secondary N) is 2. The minimum atomic E-state index is -0.463. The minimum Gasteiger partial charge on any atom is -0.462 e. The first-order valence-electron chi connectivity index (χ1n) is 10.3. The van der Waals surface area contributed by atoms with Crippen molar-refractivity contribution in [3.05, 3.63) is 95.1 Å². The van der Waals surface area contributed by atoms with Crippen LogP contribution in [0.4, 0.5) is 16.2 Å². The minimum absolute atomic E-state index is 0.274. The average Bonchev–Trinajstić information content (AvgIpc) is 3.16. The third kappa shape index (κ3) is 5.10. The van der Waals surface area contributed by atoms with Gasteiger partial charge in [-0.15, -0.1) is 0 Å². The highest BCUT2D eigenvalue weighted by Crippen LogP contribution is 2.27. The highest BCUT2D eigenvalue weighted by molar-refractivity contribution is 6.05. The summed E-state index contributed by atoms with van der Waals surface area (Å²) in [5.41, 5.74) is 5.22. The number of benzene rings is 3. The fourth-order valence-electron chi connectivity index (χ4n) is 3.76. The molecule has 2 N–H and O–H groups in total. The lowest BCUT2D eigenvalue weighted by molar-refractivity contribution is 0.0527.